The van der Waals surface area contributed by atoms with E-state index in [2.05, 4.69) is 27.6 Å². The largest absolute Gasteiger partial charge is 0.376 e. The van der Waals surface area contributed by atoms with Crippen molar-refractivity contribution in [2.45, 2.75) is 26.9 Å². The lowest BCUT2D eigenvalue weighted by atomic mass is 10.1. The summed E-state index contributed by atoms with van der Waals surface area (Å²) in [6.07, 6.45) is 0. The summed E-state index contributed by atoms with van der Waals surface area (Å²) in [6, 6.07) is 12.3. The SMILES string of the molecule is Cc1cc2onc(C)c2cc1NCC(=O)N(C)N1Cc2ccccc2C1. The van der Waals surface area contributed by atoms with Crippen molar-refractivity contribution in [1.82, 2.24) is 15.2 Å². The Morgan fingerprint density at radius 3 is 2.62 bits per heavy atom. The molecule has 0 saturated heterocycles. The number of anilines is 1. The standard InChI is InChI=1S/C20H22N4O2/c1-13-8-19-17(14(2)22-26-19)9-18(13)21-10-20(25)23(3)24-11-15-6-4-5-7-16(15)12-24/h4-9,21H,10-12H2,1-3H3. The molecule has 2 aromatic carbocycles. The van der Waals surface area contributed by atoms with Crippen molar-refractivity contribution in [3.63, 3.8) is 0 Å². The number of hydrogen-bond acceptors (Lipinski definition) is 5. The number of fused-ring (bicyclic) bond motifs is 2. The summed E-state index contributed by atoms with van der Waals surface area (Å²) in [6.45, 7) is 5.67. The lowest BCUT2D eigenvalue weighted by molar-refractivity contribution is -0.144. The minimum absolute atomic E-state index is 0.0272. The zero-order valence-electron chi connectivity index (χ0n) is 15.2. The van der Waals surface area contributed by atoms with E-state index in [4.69, 9.17) is 4.52 Å². The van der Waals surface area contributed by atoms with E-state index in [-0.39, 0.29) is 12.5 Å². The number of aromatic nitrogens is 1. The van der Waals surface area contributed by atoms with Gasteiger partial charge in [0.1, 0.15) is 0 Å². The molecule has 0 saturated carbocycles. The highest BCUT2D eigenvalue weighted by atomic mass is 16.5. The van der Waals surface area contributed by atoms with Gasteiger partial charge in [-0.15, -0.1) is 0 Å². The monoisotopic (exact) mass is 350 g/mol. The summed E-state index contributed by atoms with van der Waals surface area (Å²) >= 11 is 0. The summed E-state index contributed by atoms with van der Waals surface area (Å²) in [5, 5.41) is 12.0. The number of carbonyl (C=O) groups excluding carboxylic acids is 1. The van der Waals surface area contributed by atoms with Crippen molar-refractivity contribution in [3.8, 4) is 0 Å². The summed E-state index contributed by atoms with van der Waals surface area (Å²) in [5.41, 5.74) is 6.13. The quantitative estimate of drug-likeness (QED) is 0.783. The lowest BCUT2D eigenvalue weighted by Gasteiger charge is -2.28. The zero-order valence-corrected chi connectivity index (χ0v) is 15.2. The fraction of sp³-hybridized carbons (Fsp3) is 0.300. The average Bonchev–Trinajstić information content (AvgIpc) is 3.22. The summed E-state index contributed by atoms with van der Waals surface area (Å²) in [5.74, 6) is 0.0272. The Morgan fingerprint density at radius 1 is 1.23 bits per heavy atom. The first-order valence-corrected chi connectivity index (χ1v) is 8.71. The second kappa shape index (κ2) is 6.46. The van der Waals surface area contributed by atoms with Crippen LogP contribution in [0.15, 0.2) is 40.9 Å². The Morgan fingerprint density at radius 2 is 1.92 bits per heavy atom. The third-order valence-corrected chi connectivity index (χ3v) is 5.04. The van der Waals surface area contributed by atoms with E-state index >= 15 is 0 Å². The zero-order chi connectivity index (χ0) is 18.3. The summed E-state index contributed by atoms with van der Waals surface area (Å²) in [4.78, 5) is 12.6. The van der Waals surface area contributed by atoms with E-state index < -0.39 is 0 Å². The molecule has 0 aliphatic carbocycles. The molecule has 4 rings (SSSR count). The molecule has 6 heteroatoms. The van der Waals surface area contributed by atoms with E-state index in [0.717, 1.165) is 41.0 Å². The Hall–Kier alpha value is -2.86. The van der Waals surface area contributed by atoms with Gasteiger partial charge in [0.25, 0.3) is 5.91 Å². The molecule has 134 valence electrons. The molecule has 0 atom stereocenters. The normalized spacial score (nSPS) is 13.8. The van der Waals surface area contributed by atoms with Crippen molar-refractivity contribution < 1.29 is 9.32 Å². The lowest BCUT2D eigenvalue weighted by Crippen LogP contribution is -2.43. The number of carbonyl (C=O) groups is 1. The molecule has 2 heterocycles. The van der Waals surface area contributed by atoms with Gasteiger partial charge in [-0.2, -0.15) is 0 Å². The maximum atomic E-state index is 12.6. The number of benzene rings is 2. The highest BCUT2D eigenvalue weighted by molar-refractivity contribution is 5.86. The highest BCUT2D eigenvalue weighted by Gasteiger charge is 2.24. The molecule has 6 nitrogen and oxygen atoms in total. The third kappa shape index (κ3) is 2.93. The number of rotatable bonds is 4. The number of hydrazine groups is 1. The van der Waals surface area contributed by atoms with Gasteiger partial charge in [0.15, 0.2) is 5.58 Å². The van der Waals surface area contributed by atoms with Crippen molar-refractivity contribution in [2.75, 3.05) is 18.9 Å². The molecule has 1 aliphatic rings. The van der Waals surface area contributed by atoms with Crippen LogP contribution in [0.2, 0.25) is 0 Å². The molecule has 0 bridgehead atoms. The van der Waals surface area contributed by atoms with Crippen molar-refractivity contribution in [3.05, 3.63) is 58.8 Å². The van der Waals surface area contributed by atoms with Crippen molar-refractivity contribution in [2.24, 2.45) is 0 Å². The van der Waals surface area contributed by atoms with Crippen LogP contribution in [0.4, 0.5) is 5.69 Å². The smallest absolute Gasteiger partial charge is 0.255 e. The predicted octanol–water partition coefficient (Wildman–Crippen LogP) is 3.25. The molecule has 0 radical (unpaired) electrons. The first kappa shape index (κ1) is 16.6. The van der Waals surface area contributed by atoms with E-state index in [9.17, 15) is 4.79 Å². The molecular weight excluding hydrogens is 328 g/mol. The van der Waals surface area contributed by atoms with Crippen LogP contribution in [0, 0.1) is 13.8 Å². The Labute approximate surface area is 152 Å². The number of nitrogens with one attached hydrogen (secondary N) is 1. The van der Waals surface area contributed by atoms with Gasteiger partial charge in [0, 0.05) is 31.2 Å². The fourth-order valence-electron chi connectivity index (χ4n) is 3.37. The van der Waals surface area contributed by atoms with E-state index in [0.29, 0.717) is 0 Å². The molecule has 0 spiro atoms. The fourth-order valence-corrected chi connectivity index (χ4v) is 3.37. The predicted molar refractivity (Wildman–Crippen MR) is 100 cm³/mol. The Bertz CT molecular complexity index is 954. The molecule has 1 amide bonds. The second-order valence-electron chi connectivity index (χ2n) is 6.79. The van der Waals surface area contributed by atoms with E-state index in [1.54, 1.807) is 5.01 Å². The molecule has 3 aromatic rings. The minimum Gasteiger partial charge on any atom is -0.376 e. The molecule has 1 N–H and O–H groups in total. The highest BCUT2D eigenvalue weighted by Crippen LogP contribution is 2.26. The molecule has 1 aromatic heterocycles. The van der Waals surface area contributed by atoms with Gasteiger partial charge in [0.2, 0.25) is 0 Å². The van der Waals surface area contributed by atoms with Gasteiger partial charge in [-0.1, -0.05) is 29.4 Å². The number of likely N-dealkylation sites (N-methyl/N-ethyl adjacent to an activating group) is 1. The van der Waals surface area contributed by atoms with Crippen LogP contribution in [0.25, 0.3) is 11.0 Å². The van der Waals surface area contributed by atoms with Gasteiger partial charge in [-0.05, 0) is 42.7 Å². The number of hydrogen-bond donors (Lipinski definition) is 1. The third-order valence-electron chi connectivity index (χ3n) is 5.04. The number of aryl methyl sites for hydroxylation is 2. The van der Waals surface area contributed by atoms with Gasteiger partial charge in [0.05, 0.1) is 12.2 Å². The van der Waals surface area contributed by atoms with Crippen LogP contribution in [-0.4, -0.2) is 34.7 Å². The second-order valence-corrected chi connectivity index (χ2v) is 6.79. The van der Waals surface area contributed by atoms with Gasteiger partial charge in [-0.3, -0.25) is 9.80 Å². The van der Waals surface area contributed by atoms with Crippen LogP contribution < -0.4 is 5.32 Å². The van der Waals surface area contributed by atoms with E-state index in [1.807, 2.05) is 45.2 Å². The molecule has 1 aliphatic heterocycles. The maximum Gasteiger partial charge on any atom is 0.255 e. The van der Waals surface area contributed by atoms with Gasteiger partial charge < -0.3 is 9.84 Å². The van der Waals surface area contributed by atoms with Crippen molar-refractivity contribution >= 4 is 22.6 Å². The van der Waals surface area contributed by atoms with Crippen LogP contribution in [0.1, 0.15) is 22.4 Å². The first-order chi connectivity index (χ1) is 12.5. The summed E-state index contributed by atoms with van der Waals surface area (Å²) < 4.78 is 5.29. The first-order valence-electron chi connectivity index (χ1n) is 8.71. The number of nitrogens with zero attached hydrogens (tertiary/aromatic N) is 3. The van der Waals surface area contributed by atoms with Crippen molar-refractivity contribution in [1.29, 1.82) is 0 Å². The van der Waals surface area contributed by atoms with Crippen LogP contribution >= 0.6 is 0 Å². The van der Waals surface area contributed by atoms with Gasteiger partial charge >= 0.3 is 0 Å². The minimum atomic E-state index is 0.0272. The molecular formula is C20H22N4O2. The Balaban J connectivity index is 1.43. The topological polar surface area (TPSA) is 61.6 Å². The van der Waals surface area contributed by atoms with Crippen LogP contribution in [0.3, 0.4) is 0 Å². The molecule has 0 unspecified atom stereocenters. The van der Waals surface area contributed by atoms with Gasteiger partial charge in [-0.25, -0.2) is 5.01 Å². The molecule has 26 heavy (non-hydrogen) atoms. The maximum absolute atomic E-state index is 12.6. The van der Waals surface area contributed by atoms with Crippen LogP contribution in [0.5, 0.6) is 0 Å². The summed E-state index contributed by atoms with van der Waals surface area (Å²) in [7, 11) is 1.83. The molecule has 0 fully saturated rings. The van der Waals surface area contributed by atoms with E-state index in [1.165, 1.54) is 11.1 Å². The number of amides is 1. The average molecular weight is 350 g/mol. The Kier molecular flexibility index (Phi) is 4.12. The van der Waals surface area contributed by atoms with Crippen LogP contribution in [-0.2, 0) is 17.9 Å².